The Hall–Kier alpha value is -2.82. The highest BCUT2D eigenvalue weighted by atomic mass is 16.7. The quantitative estimate of drug-likeness (QED) is 0.668. The van der Waals surface area contributed by atoms with E-state index in [1.807, 2.05) is 6.92 Å². The number of benzene rings is 2. The summed E-state index contributed by atoms with van der Waals surface area (Å²) in [6.07, 6.45) is -0.675. The molecule has 0 unspecified atom stereocenters. The second kappa shape index (κ2) is 7.26. The predicted molar refractivity (Wildman–Crippen MR) is 81.1 cm³/mol. The fourth-order valence-electron chi connectivity index (χ4n) is 2.04. The van der Waals surface area contributed by atoms with E-state index in [1.165, 1.54) is 6.07 Å². The molecule has 0 aliphatic rings. The standard InChI is InChI=1S/C17H16O5/c1-2-11-21-16(18)14-9-4-3-7-12(14)13-8-5-6-10-15(13)22-17(19)20/h3-10H,2,11H2,1H3,(H,19,20). The van der Waals surface area contributed by atoms with Crippen LogP contribution in [0.25, 0.3) is 11.1 Å². The van der Waals surface area contributed by atoms with Gasteiger partial charge in [0.15, 0.2) is 0 Å². The summed E-state index contributed by atoms with van der Waals surface area (Å²) in [6, 6.07) is 13.5. The highest BCUT2D eigenvalue weighted by Crippen LogP contribution is 2.32. The number of hydrogen-bond donors (Lipinski definition) is 1. The molecule has 0 aliphatic carbocycles. The Morgan fingerprint density at radius 1 is 1.00 bits per heavy atom. The van der Waals surface area contributed by atoms with Gasteiger partial charge in [0.1, 0.15) is 5.75 Å². The van der Waals surface area contributed by atoms with E-state index in [-0.39, 0.29) is 5.75 Å². The van der Waals surface area contributed by atoms with Gasteiger partial charge in [0, 0.05) is 5.56 Å². The zero-order valence-electron chi connectivity index (χ0n) is 12.1. The number of hydrogen-bond acceptors (Lipinski definition) is 4. The van der Waals surface area contributed by atoms with E-state index in [0.717, 1.165) is 6.42 Å². The minimum absolute atomic E-state index is 0.172. The Morgan fingerprint density at radius 3 is 2.32 bits per heavy atom. The van der Waals surface area contributed by atoms with Gasteiger partial charge in [-0.2, -0.15) is 0 Å². The largest absolute Gasteiger partial charge is 0.511 e. The zero-order chi connectivity index (χ0) is 15.9. The normalized spacial score (nSPS) is 10.0. The van der Waals surface area contributed by atoms with Crippen molar-refractivity contribution in [2.45, 2.75) is 13.3 Å². The number of carboxylic acid groups (broad SMARTS) is 1. The summed E-state index contributed by atoms with van der Waals surface area (Å²) < 4.78 is 9.94. The second-order valence-corrected chi connectivity index (χ2v) is 4.55. The first-order valence-electron chi connectivity index (χ1n) is 6.89. The van der Waals surface area contributed by atoms with Gasteiger partial charge >= 0.3 is 12.1 Å². The SMILES string of the molecule is CCCOC(=O)c1ccccc1-c1ccccc1OC(=O)O. The van der Waals surface area contributed by atoms with Crippen LogP contribution in [0.4, 0.5) is 4.79 Å². The molecule has 0 amide bonds. The number of ether oxygens (including phenoxy) is 2. The molecular formula is C17H16O5. The van der Waals surface area contributed by atoms with Crippen molar-refractivity contribution in [2.24, 2.45) is 0 Å². The maximum atomic E-state index is 12.2. The highest BCUT2D eigenvalue weighted by molar-refractivity contribution is 5.98. The molecule has 0 saturated heterocycles. The topological polar surface area (TPSA) is 72.8 Å². The van der Waals surface area contributed by atoms with Gasteiger partial charge in [-0.25, -0.2) is 9.59 Å². The molecular weight excluding hydrogens is 284 g/mol. The van der Waals surface area contributed by atoms with Gasteiger partial charge in [0.05, 0.1) is 12.2 Å². The lowest BCUT2D eigenvalue weighted by atomic mass is 9.99. The molecule has 5 nitrogen and oxygen atoms in total. The lowest BCUT2D eigenvalue weighted by molar-refractivity contribution is 0.0506. The third kappa shape index (κ3) is 3.63. The summed E-state index contributed by atoms with van der Waals surface area (Å²) in [5.41, 5.74) is 1.46. The maximum Gasteiger partial charge on any atom is 0.511 e. The van der Waals surface area contributed by atoms with Crippen molar-refractivity contribution in [3.05, 3.63) is 54.1 Å². The Labute approximate surface area is 128 Å². The average molecular weight is 300 g/mol. The summed E-state index contributed by atoms with van der Waals surface area (Å²) in [6.45, 7) is 2.25. The first-order valence-corrected chi connectivity index (χ1v) is 6.89. The smallest absolute Gasteiger partial charge is 0.462 e. The number of rotatable bonds is 5. The van der Waals surface area contributed by atoms with Gasteiger partial charge in [-0.1, -0.05) is 43.3 Å². The Kier molecular flexibility index (Phi) is 5.14. The maximum absolute atomic E-state index is 12.2. The van der Waals surface area contributed by atoms with Gasteiger partial charge in [0.25, 0.3) is 0 Å². The van der Waals surface area contributed by atoms with Crippen LogP contribution in [-0.4, -0.2) is 23.8 Å². The molecule has 0 atom stereocenters. The average Bonchev–Trinajstić information content (AvgIpc) is 2.52. The van der Waals surface area contributed by atoms with Crippen molar-refractivity contribution in [1.82, 2.24) is 0 Å². The van der Waals surface area contributed by atoms with Crippen LogP contribution in [-0.2, 0) is 4.74 Å². The van der Waals surface area contributed by atoms with Crippen molar-refractivity contribution in [2.75, 3.05) is 6.61 Å². The minimum atomic E-state index is -1.40. The Balaban J connectivity index is 2.45. The van der Waals surface area contributed by atoms with Gasteiger partial charge in [-0.05, 0) is 24.1 Å². The minimum Gasteiger partial charge on any atom is -0.462 e. The van der Waals surface area contributed by atoms with Crippen LogP contribution in [0, 0.1) is 0 Å². The van der Waals surface area contributed by atoms with Gasteiger partial charge < -0.3 is 14.6 Å². The van der Waals surface area contributed by atoms with Crippen LogP contribution in [0.2, 0.25) is 0 Å². The number of carbonyl (C=O) groups excluding carboxylic acids is 1. The van der Waals surface area contributed by atoms with E-state index in [0.29, 0.717) is 23.3 Å². The fourth-order valence-corrected chi connectivity index (χ4v) is 2.04. The third-order valence-electron chi connectivity index (χ3n) is 2.96. The van der Waals surface area contributed by atoms with Crippen LogP contribution in [0.15, 0.2) is 48.5 Å². The van der Waals surface area contributed by atoms with E-state index < -0.39 is 12.1 Å². The highest BCUT2D eigenvalue weighted by Gasteiger charge is 2.17. The number of esters is 1. The van der Waals surface area contributed by atoms with E-state index in [2.05, 4.69) is 0 Å². The van der Waals surface area contributed by atoms with Crippen molar-refractivity contribution in [1.29, 1.82) is 0 Å². The molecule has 2 aromatic carbocycles. The van der Waals surface area contributed by atoms with Crippen molar-refractivity contribution in [3.63, 3.8) is 0 Å². The number of carbonyl (C=O) groups is 2. The van der Waals surface area contributed by atoms with Crippen molar-refractivity contribution >= 4 is 12.1 Å². The van der Waals surface area contributed by atoms with E-state index in [4.69, 9.17) is 14.6 Å². The van der Waals surface area contributed by atoms with E-state index in [9.17, 15) is 9.59 Å². The van der Waals surface area contributed by atoms with E-state index in [1.54, 1.807) is 42.5 Å². The van der Waals surface area contributed by atoms with Crippen LogP contribution < -0.4 is 4.74 Å². The summed E-state index contributed by atoms with van der Waals surface area (Å²) >= 11 is 0. The molecule has 0 radical (unpaired) electrons. The predicted octanol–water partition coefficient (Wildman–Crippen LogP) is 3.98. The zero-order valence-corrected chi connectivity index (χ0v) is 12.1. The molecule has 0 spiro atoms. The molecule has 0 fully saturated rings. The Morgan fingerprint density at radius 2 is 1.64 bits per heavy atom. The molecule has 2 rings (SSSR count). The molecule has 114 valence electrons. The molecule has 22 heavy (non-hydrogen) atoms. The summed E-state index contributed by atoms with van der Waals surface area (Å²) in [7, 11) is 0. The fraction of sp³-hybridized carbons (Fsp3) is 0.176. The van der Waals surface area contributed by atoms with Crippen molar-refractivity contribution in [3.8, 4) is 16.9 Å². The van der Waals surface area contributed by atoms with Crippen LogP contribution in [0.3, 0.4) is 0 Å². The molecule has 5 heteroatoms. The lowest BCUT2D eigenvalue weighted by Crippen LogP contribution is -2.08. The van der Waals surface area contributed by atoms with E-state index >= 15 is 0 Å². The molecule has 0 bridgehead atoms. The first-order chi connectivity index (χ1) is 10.6. The first kappa shape index (κ1) is 15.6. The van der Waals surface area contributed by atoms with Gasteiger partial charge in [-0.3, -0.25) is 0 Å². The van der Waals surface area contributed by atoms with Crippen LogP contribution in [0.5, 0.6) is 5.75 Å². The molecule has 2 aromatic rings. The second-order valence-electron chi connectivity index (χ2n) is 4.55. The monoisotopic (exact) mass is 300 g/mol. The molecule has 1 N–H and O–H groups in total. The van der Waals surface area contributed by atoms with Crippen molar-refractivity contribution < 1.29 is 24.2 Å². The summed E-state index contributed by atoms with van der Waals surface area (Å²) in [5, 5.41) is 8.82. The van der Waals surface area contributed by atoms with Gasteiger partial charge in [-0.15, -0.1) is 0 Å². The van der Waals surface area contributed by atoms with Crippen LogP contribution in [0.1, 0.15) is 23.7 Å². The van der Waals surface area contributed by atoms with Gasteiger partial charge in [0.2, 0.25) is 0 Å². The third-order valence-corrected chi connectivity index (χ3v) is 2.96. The summed E-state index contributed by atoms with van der Waals surface area (Å²) in [4.78, 5) is 23.0. The summed E-state index contributed by atoms with van der Waals surface area (Å²) in [5.74, 6) is -0.270. The molecule has 0 aromatic heterocycles. The Bertz CT molecular complexity index is 678. The number of para-hydroxylation sites is 1. The lowest BCUT2D eigenvalue weighted by Gasteiger charge is -2.12. The van der Waals surface area contributed by atoms with Crippen LogP contribution >= 0.6 is 0 Å². The molecule has 0 saturated carbocycles. The molecule has 0 aliphatic heterocycles. The molecule has 0 heterocycles.